The average Bonchev–Trinajstić information content (AvgIpc) is 2.36. The van der Waals surface area contributed by atoms with Crippen LogP contribution < -0.4 is 10.3 Å². The third-order valence-corrected chi connectivity index (χ3v) is 3.45. The van der Waals surface area contributed by atoms with Gasteiger partial charge in [0.1, 0.15) is 17.4 Å². The first-order valence-electron chi connectivity index (χ1n) is 6.35. The summed E-state index contributed by atoms with van der Waals surface area (Å²) in [6.45, 7) is 1.65. The lowest BCUT2D eigenvalue weighted by Gasteiger charge is -2.24. The second-order valence-corrected chi connectivity index (χ2v) is 4.96. The number of H-pyrrole nitrogens is 1. The minimum Gasteiger partial charge on any atom is -0.426 e. The van der Waals surface area contributed by atoms with Crippen LogP contribution in [0.15, 0.2) is 29.1 Å². The normalized spacial score (nSPS) is 17.3. The average molecular weight is 291 g/mol. The summed E-state index contributed by atoms with van der Waals surface area (Å²) in [6.07, 6.45) is -0.165. The Bertz CT molecular complexity index is 798. The molecule has 1 aliphatic rings. The molecule has 0 spiro atoms. The van der Waals surface area contributed by atoms with Gasteiger partial charge >= 0.3 is 5.97 Å². The van der Waals surface area contributed by atoms with Gasteiger partial charge in [0.15, 0.2) is 0 Å². The van der Waals surface area contributed by atoms with Gasteiger partial charge < -0.3 is 9.72 Å². The first-order valence-corrected chi connectivity index (χ1v) is 6.35. The van der Waals surface area contributed by atoms with E-state index in [0.29, 0.717) is 5.69 Å². The second kappa shape index (κ2) is 4.80. The van der Waals surface area contributed by atoms with Crippen molar-refractivity contribution in [2.45, 2.75) is 19.3 Å². The fourth-order valence-corrected chi connectivity index (χ4v) is 2.57. The second-order valence-electron chi connectivity index (χ2n) is 4.96. The molecule has 1 aromatic carbocycles. The van der Waals surface area contributed by atoms with Crippen LogP contribution in [-0.2, 0) is 4.79 Å². The lowest BCUT2D eigenvalue weighted by atomic mass is 9.86. The smallest absolute Gasteiger partial charge is 0.312 e. The minimum absolute atomic E-state index is 0.101. The van der Waals surface area contributed by atoms with Gasteiger partial charge in [-0.1, -0.05) is 6.07 Å². The molecule has 4 nitrogen and oxygen atoms in total. The van der Waals surface area contributed by atoms with Crippen LogP contribution in [0.3, 0.4) is 0 Å². The summed E-state index contributed by atoms with van der Waals surface area (Å²) >= 11 is 0. The molecule has 2 heterocycles. The Balaban J connectivity index is 2.22. The summed E-state index contributed by atoms with van der Waals surface area (Å²) in [4.78, 5) is 26.4. The molecular formula is C15H11F2NO3. The number of halogens is 2. The molecule has 1 N–H and O–H groups in total. The van der Waals surface area contributed by atoms with Gasteiger partial charge in [-0.3, -0.25) is 9.59 Å². The van der Waals surface area contributed by atoms with Crippen molar-refractivity contribution in [2.24, 2.45) is 0 Å². The molecule has 0 bridgehead atoms. The van der Waals surface area contributed by atoms with Crippen LogP contribution in [0, 0.1) is 18.6 Å². The first-order chi connectivity index (χ1) is 9.95. The van der Waals surface area contributed by atoms with E-state index >= 15 is 0 Å². The Morgan fingerprint density at radius 2 is 2.00 bits per heavy atom. The molecule has 0 radical (unpaired) electrons. The summed E-state index contributed by atoms with van der Waals surface area (Å²) < 4.78 is 32.0. The highest BCUT2D eigenvalue weighted by molar-refractivity contribution is 5.77. The van der Waals surface area contributed by atoms with Gasteiger partial charge in [0, 0.05) is 23.7 Å². The predicted octanol–water partition coefficient (Wildman–Crippen LogP) is 2.40. The standard InChI is InChI=1S/C15H11F2NO3/c1-7-4-12-14(15(20)18-7)10(6-13(19)21-12)9-3-2-8(16)5-11(9)17/h2-5,10H,6H2,1H3,(H,18,20)/t10-/m1/s1. The van der Waals surface area contributed by atoms with Crippen LogP contribution in [0.4, 0.5) is 8.78 Å². The Morgan fingerprint density at radius 3 is 2.71 bits per heavy atom. The number of ether oxygens (including phenoxy) is 1. The van der Waals surface area contributed by atoms with Crippen molar-refractivity contribution in [1.82, 2.24) is 4.98 Å². The molecule has 6 heteroatoms. The van der Waals surface area contributed by atoms with Crippen LogP contribution in [-0.4, -0.2) is 11.0 Å². The van der Waals surface area contributed by atoms with E-state index in [0.717, 1.165) is 12.1 Å². The van der Waals surface area contributed by atoms with Gasteiger partial charge in [-0.25, -0.2) is 8.78 Å². The summed E-state index contributed by atoms with van der Waals surface area (Å²) in [5.74, 6) is -2.72. The summed E-state index contributed by atoms with van der Waals surface area (Å²) in [7, 11) is 0. The number of fused-ring (bicyclic) bond motifs is 1. The van der Waals surface area contributed by atoms with E-state index in [1.807, 2.05) is 0 Å². The van der Waals surface area contributed by atoms with Crippen LogP contribution in [0.5, 0.6) is 5.75 Å². The molecule has 108 valence electrons. The number of hydrogen-bond donors (Lipinski definition) is 1. The number of hydrogen-bond acceptors (Lipinski definition) is 3. The molecule has 1 aliphatic heterocycles. The van der Waals surface area contributed by atoms with E-state index in [2.05, 4.69) is 4.98 Å². The lowest BCUT2D eigenvalue weighted by molar-refractivity contribution is -0.135. The van der Waals surface area contributed by atoms with Crippen molar-refractivity contribution in [3.8, 4) is 5.75 Å². The molecule has 1 aromatic heterocycles. The van der Waals surface area contributed by atoms with Crippen LogP contribution in [0.25, 0.3) is 0 Å². The third-order valence-electron chi connectivity index (χ3n) is 3.45. The molecule has 1 atom stereocenters. The number of esters is 1. The Hall–Kier alpha value is -2.50. The van der Waals surface area contributed by atoms with Crippen molar-refractivity contribution in [2.75, 3.05) is 0 Å². The predicted molar refractivity (Wildman–Crippen MR) is 70.3 cm³/mol. The van der Waals surface area contributed by atoms with Crippen LogP contribution in [0.2, 0.25) is 0 Å². The molecular weight excluding hydrogens is 280 g/mol. The molecule has 0 saturated heterocycles. The van der Waals surface area contributed by atoms with Crippen molar-refractivity contribution < 1.29 is 18.3 Å². The number of aryl methyl sites for hydroxylation is 1. The van der Waals surface area contributed by atoms with Crippen molar-refractivity contribution in [3.05, 3.63) is 63.1 Å². The van der Waals surface area contributed by atoms with E-state index in [9.17, 15) is 18.4 Å². The Labute approximate surface area is 118 Å². The van der Waals surface area contributed by atoms with Gasteiger partial charge in [0.05, 0.1) is 12.0 Å². The topological polar surface area (TPSA) is 59.2 Å². The van der Waals surface area contributed by atoms with E-state index in [1.54, 1.807) is 6.92 Å². The maximum atomic E-state index is 14.0. The minimum atomic E-state index is -0.791. The third kappa shape index (κ3) is 2.33. The van der Waals surface area contributed by atoms with Gasteiger partial charge in [-0.15, -0.1) is 0 Å². The fourth-order valence-electron chi connectivity index (χ4n) is 2.57. The van der Waals surface area contributed by atoms with E-state index in [4.69, 9.17) is 4.74 Å². The van der Waals surface area contributed by atoms with Crippen molar-refractivity contribution in [3.63, 3.8) is 0 Å². The van der Waals surface area contributed by atoms with Gasteiger partial charge in [0.2, 0.25) is 0 Å². The number of benzene rings is 1. The number of rotatable bonds is 1. The molecule has 21 heavy (non-hydrogen) atoms. The van der Waals surface area contributed by atoms with Crippen molar-refractivity contribution >= 4 is 5.97 Å². The molecule has 0 fully saturated rings. The van der Waals surface area contributed by atoms with Gasteiger partial charge in [-0.2, -0.15) is 0 Å². The number of aromatic amines is 1. The lowest BCUT2D eigenvalue weighted by Crippen LogP contribution is -2.28. The van der Waals surface area contributed by atoms with Gasteiger partial charge in [0.25, 0.3) is 5.56 Å². The quantitative estimate of drug-likeness (QED) is 0.821. The van der Waals surface area contributed by atoms with E-state index in [1.165, 1.54) is 12.1 Å². The summed E-state index contributed by atoms with van der Waals surface area (Å²) in [5.41, 5.74) is 0.382. The number of aromatic nitrogens is 1. The summed E-state index contributed by atoms with van der Waals surface area (Å²) in [6, 6.07) is 4.59. The summed E-state index contributed by atoms with van der Waals surface area (Å²) in [5, 5.41) is 0. The number of nitrogens with one attached hydrogen (secondary N) is 1. The Kier molecular flexibility index (Phi) is 3.08. The zero-order chi connectivity index (χ0) is 15.1. The molecule has 0 amide bonds. The molecule has 0 unspecified atom stereocenters. The largest absolute Gasteiger partial charge is 0.426 e. The highest BCUT2D eigenvalue weighted by Crippen LogP contribution is 2.37. The zero-order valence-electron chi connectivity index (χ0n) is 11.1. The highest BCUT2D eigenvalue weighted by Gasteiger charge is 2.33. The molecule has 3 rings (SSSR count). The number of carbonyl (C=O) groups is 1. The van der Waals surface area contributed by atoms with Gasteiger partial charge in [-0.05, 0) is 18.6 Å². The van der Waals surface area contributed by atoms with Crippen molar-refractivity contribution in [1.29, 1.82) is 0 Å². The van der Waals surface area contributed by atoms with Crippen LogP contribution in [0.1, 0.15) is 29.2 Å². The Morgan fingerprint density at radius 1 is 1.24 bits per heavy atom. The number of pyridine rings is 1. The molecule has 0 saturated carbocycles. The monoisotopic (exact) mass is 291 g/mol. The first kappa shape index (κ1) is 13.5. The zero-order valence-corrected chi connectivity index (χ0v) is 11.1. The fraction of sp³-hybridized carbons (Fsp3) is 0.200. The highest BCUT2D eigenvalue weighted by atomic mass is 19.1. The van der Waals surface area contributed by atoms with E-state index < -0.39 is 29.1 Å². The van der Waals surface area contributed by atoms with Crippen LogP contribution >= 0.6 is 0 Å². The van der Waals surface area contributed by atoms with E-state index in [-0.39, 0.29) is 23.3 Å². The molecule has 2 aromatic rings. The number of carbonyl (C=O) groups excluding carboxylic acids is 1. The SMILES string of the molecule is Cc1cc2c(c(=O)[nH]1)[C@@H](c1ccc(F)cc1F)CC(=O)O2. The molecule has 0 aliphatic carbocycles. The maximum Gasteiger partial charge on any atom is 0.312 e. The maximum absolute atomic E-state index is 14.0.